The van der Waals surface area contributed by atoms with Crippen LogP contribution in [0.25, 0.3) is 6.08 Å². The lowest BCUT2D eigenvalue weighted by molar-refractivity contribution is -0.164. The number of esters is 2. The molecule has 5 rings (SSSR count). The van der Waals surface area contributed by atoms with Crippen LogP contribution in [-0.2, 0) is 72.1 Å². The lowest BCUT2D eigenvalue weighted by atomic mass is 10.0. The zero-order chi connectivity index (χ0) is 70.0. The Bertz CT molecular complexity index is 3280. The van der Waals surface area contributed by atoms with Gasteiger partial charge in [-0.05, 0) is 130 Å². The molecule has 95 heavy (non-hydrogen) atoms. The van der Waals surface area contributed by atoms with Crippen LogP contribution in [0, 0.1) is 0 Å². The second-order valence-corrected chi connectivity index (χ2v) is 31.3. The van der Waals surface area contributed by atoms with Crippen LogP contribution in [0.5, 0.6) is 5.75 Å². The number of nitrogens with one attached hydrogen (secondary N) is 4. The van der Waals surface area contributed by atoms with E-state index in [1.54, 1.807) is 139 Å². The molecule has 0 spiro atoms. The maximum absolute atomic E-state index is 15.2. The lowest BCUT2D eigenvalue weighted by Gasteiger charge is -2.42. The van der Waals surface area contributed by atoms with E-state index in [0.29, 0.717) is 44.6 Å². The third-order valence-electron chi connectivity index (χ3n) is 15.3. The Balaban J connectivity index is 1.52. The van der Waals surface area contributed by atoms with Crippen LogP contribution in [0.2, 0.25) is 16.6 Å². The van der Waals surface area contributed by atoms with Crippen LogP contribution in [-0.4, -0.2) is 140 Å². The van der Waals surface area contributed by atoms with E-state index in [1.807, 2.05) is 24.3 Å². The highest BCUT2D eigenvalue weighted by molar-refractivity contribution is 6.78. The molecule has 0 aromatic heterocycles. The number of ether oxygens (including phenoxy) is 5. The van der Waals surface area contributed by atoms with Gasteiger partial charge < -0.3 is 65.7 Å². The summed E-state index contributed by atoms with van der Waals surface area (Å²) in [7, 11) is -2.34. The smallest absolute Gasteiger partial charge is 0.437 e. The maximum atomic E-state index is 15.2. The fourth-order valence-electron chi connectivity index (χ4n) is 11.0. The van der Waals surface area contributed by atoms with Gasteiger partial charge >= 0.3 is 30.2 Å². The molecule has 1 saturated heterocycles. The van der Waals surface area contributed by atoms with Crippen LogP contribution >= 0.6 is 0 Å². The van der Waals surface area contributed by atoms with Gasteiger partial charge in [0.25, 0.3) is 14.2 Å². The number of hydrogen-bond acceptors (Lipinski definition) is 16. The highest BCUT2D eigenvalue weighted by Gasteiger charge is 2.47. The van der Waals surface area contributed by atoms with Crippen molar-refractivity contribution < 1.29 is 71.3 Å². The molecule has 5 atom stereocenters. The molecular formula is C70H95N9O15Si. The van der Waals surface area contributed by atoms with Crippen LogP contribution in [0.4, 0.5) is 14.4 Å². The summed E-state index contributed by atoms with van der Waals surface area (Å²) in [6.07, 6.45) is -0.596. The average Bonchev–Trinajstić information content (AvgIpc) is 1.43. The number of nitrogens with zero attached hydrogens (tertiary/aromatic N) is 3. The molecule has 4 aromatic rings. The summed E-state index contributed by atoms with van der Waals surface area (Å²) in [5, 5.41) is 10.5. The summed E-state index contributed by atoms with van der Waals surface area (Å²) in [6, 6.07) is 28.0. The number of carbonyl (C=O) groups excluding carboxylic acids is 9. The molecule has 0 radical (unpaired) electrons. The van der Waals surface area contributed by atoms with Crippen molar-refractivity contribution in [1.82, 2.24) is 31.1 Å². The molecule has 0 saturated carbocycles. The van der Waals surface area contributed by atoms with Gasteiger partial charge in [-0.25, -0.2) is 28.9 Å². The minimum Gasteiger partial charge on any atom is -0.543 e. The molecule has 25 heteroatoms. The van der Waals surface area contributed by atoms with Gasteiger partial charge in [-0.2, -0.15) is 0 Å². The van der Waals surface area contributed by atoms with Crippen molar-refractivity contribution in [2.45, 2.75) is 186 Å². The predicted octanol–water partition coefficient (Wildman–Crippen LogP) is 9.26. The number of nitrogens with two attached hydrogens (primary N) is 2. The number of allylic oxidation sites excluding steroid dienone is 1. The number of hydrogen-bond donors (Lipinski definition) is 6. The first kappa shape index (κ1) is 76.3. The molecule has 514 valence electrons. The third-order valence-corrected chi connectivity index (χ3v) is 21.3. The second kappa shape index (κ2) is 36.3. The Hall–Kier alpha value is -9.36. The number of rotatable bonds is 30. The lowest BCUT2D eigenvalue weighted by Crippen LogP contribution is -2.57. The summed E-state index contributed by atoms with van der Waals surface area (Å²) in [4.78, 5) is 130. The predicted molar refractivity (Wildman–Crippen MR) is 362 cm³/mol. The van der Waals surface area contributed by atoms with Crippen molar-refractivity contribution in [3.05, 3.63) is 155 Å². The van der Waals surface area contributed by atoms with E-state index >= 15 is 9.59 Å². The molecule has 1 aliphatic rings. The number of alkyl carbamates (subject to hydrolysis) is 1. The fourth-order valence-corrected chi connectivity index (χ4v) is 16.2. The van der Waals surface area contributed by atoms with Crippen molar-refractivity contribution >= 4 is 74.7 Å². The van der Waals surface area contributed by atoms with Gasteiger partial charge in [0.05, 0.1) is 12.6 Å². The summed E-state index contributed by atoms with van der Waals surface area (Å²) >= 11 is 0. The second-order valence-electron chi connectivity index (χ2n) is 26.0. The van der Waals surface area contributed by atoms with E-state index < -0.39 is 110 Å². The van der Waals surface area contributed by atoms with Gasteiger partial charge in [0.1, 0.15) is 48.3 Å². The molecule has 1 unspecified atom stereocenters. The van der Waals surface area contributed by atoms with Gasteiger partial charge in [-0.15, -0.1) is 4.99 Å². The Morgan fingerprint density at radius 3 is 1.82 bits per heavy atom. The molecule has 7 amide bonds. The third kappa shape index (κ3) is 24.8. The van der Waals surface area contributed by atoms with E-state index in [0.717, 1.165) is 15.9 Å². The number of aliphatic imine (C=N–C) groups is 1. The van der Waals surface area contributed by atoms with E-state index in [9.17, 15) is 33.6 Å². The first-order valence-electron chi connectivity index (χ1n) is 31.9. The standard InChI is InChI=1S/C70H95N9O15Si/c1-46(2)95(47(3)4,48(5)6)94-54-35-32-50(33-36-54)40-53(34-37-59(81)92-69(7,8)9)75-61(82)56(41-49-24-16-13-17-25-49)76-62(83)60(91-64(85)58-31-23-38-78(58)63(84)57(74-45-80)42-73-66(86)93-70(10,11)12)55(71)30-22-39-79(68(88)90-44-52-28-20-15-21-29-52)65(72)77-67(87)89-43-51-26-18-14-19-27-51/h13-21,24-29,32-37,40,45-48,55-58,60H,22-23,30-31,38-39,41-44,71H2,1-12H3,(H,73,86)(H,74,80)(H,75,82)(H,76,83)(H2,72,77,87)/b37-34+,53-40-/t55-,56+,57-,58-,60?/m0/s1. The van der Waals surface area contributed by atoms with Crippen LogP contribution in [0.3, 0.4) is 0 Å². The van der Waals surface area contributed by atoms with Crippen molar-refractivity contribution in [2.24, 2.45) is 16.5 Å². The molecule has 0 aliphatic carbocycles. The topological polar surface area (TPSA) is 328 Å². The van der Waals surface area contributed by atoms with Gasteiger partial charge in [0, 0.05) is 31.3 Å². The summed E-state index contributed by atoms with van der Waals surface area (Å²) < 4.78 is 34.8. The van der Waals surface area contributed by atoms with Crippen LogP contribution in [0.15, 0.2) is 138 Å². The van der Waals surface area contributed by atoms with Gasteiger partial charge in [-0.1, -0.05) is 145 Å². The highest BCUT2D eigenvalue weighted by atomic mass is 28.4. The van der Waals surface area contributed by atoms with Crippen LogP contribution in [0.1, 0.15) is 131 Å². The number of benzene rings is 4. The summed E-state index contributed by atoms with van der Waals surface area (Å²) in [5.74, 6) is -4.27. The van der Waals surface area contributed by atoms with Gasteiger partial charge in [-0.3, -0.25) is 19.2 Å². The van der Waals surface area contributed by atoms with Gasteiger partial charge in [0.15, 0.2) is 6.10 Å². The number of carbonyl (C=O) groups is 9. The minimum absolute atomic E-state index is 0.0100. The minimum atomic E-state index is -2.34. The summed E-state index contributed by atoms with van der Waals surface area (Å²) in [5.41, 5.74) is 15.1. The first-order chi connectivity index (χ1) is 44.9. The molecule has 4 aromatic carbocycles. The zero-order valence-corrected chi connectivity index (χ0v) is 57.6. The van der Waals surface area contributed by atoms with E-state index in [-0.39, 0.29) is 70.5 Å². The molecular weight excluding hydrogens is 1230 g/mol. The zero-order valence-electron chi connectivity index (χ0n) is 56.6. The molecule has 1 heterocycles. The fraction of sp³-hybridized carbons (Fsp3) is 0.457. The molecule has 8 N–H and O–H groups in total. The van der Waals surface area contributed by atoms with Crippen molar-refractivity contribution in [1.29, 1.82) is 0 Å². The van der Waals surface area contributed by atoms with Crippen molar-refractivity contribution in [3.8, 4) is 5.75 Å². The number of amides is 7. The number of guanidine groups is 1. The van der Waals surface area contributed by atoms with Crippen molar-refractivity contribution in [2.75, 3.05) is 19.6 Å². The first-order valence-corrected chi connectivity index (χ1v) is 34.1. The molecule has 24 nitrogen and oxygen atoms in total. The monoisotopic (exact) mass is 1330 g/mol. The number of likely N-dealkylation sites (tertiary alicyclic amines) is 1. The Labute approximate surface area is 558 Å². The quantitative estimate of drug-likeness (QED) is 0.00414. The SMILES string of the molecule is CC(C)[Si](Oc1ccc(/C=C(/C=C/C(=O)OC(C)(C)C)NC(=O)[C@@H](Cc2ccccc2)NC(=O)C(OC(=O)[C@@H]2CCCN2C(=O)[C@H](CNC(=O)OC(C)(C)C)NC=O)[C@@H](N)CCCN(C(=O)OCc2ccccc2)/C(N)=N/C(=O)OCc2ccccc2)cc1)(C(C)C)C(C)C. The Kier molecular flexibility index (Phi) is 29.2. The maximum Gasteiger partial charge on any atom is 0.437 e. The van der Waals surface area contributed by atoms with Gasteiger partial charge in [0.2, 0.25) is 24.2 Å². The molecule has 0 bridgehead atoms. The summed E-state index contributed by atoms with van der Waals surface area (Å²) in [6.45, 7) is 22.2. The van der Waals surface area contributed by atoms with Crippen LogP contribution < -0.4 is 37.2 Å². The van der Waals surface area contributed by atoms with E-state index in [2.05, 4.69) is 67.8 Å². The molecule has 1 fully saturated rings. The average molecular weight is 1330 g/mol. The largest absolute Gasteiger partial charge is 0.543 e. The molecule has 1 aliphatic heterocycles. The Morgan fingerprint density at radius 1 is 0.716 bits per heavy atom. The normalized spacial score (nSPS) is 15.0. The van der Waals surface area contributed by atoms with Crippen molar-refractivity contribution in [3.63, 3.8) is 0 Å². The Morgan fingerprint density at radius 2 is 1.27 bits per heavy atom. The van der Waals surface area contributed by atoms with E-state index in [4.69, 9.17) is 39.6 Å². The van der Waals surface area contributed by atoms with E-state index in [1.165, 1.54) is 6.08 Å². The highest BCUT2D eigenvalue weighted by Crippen LogP contribution is 2.43.